The normalized spacial score (nSPS) is 15.5. The molecule has 0 aromatic heterocycles. The fourth-order valence-corrected chi connectivity index (χ4v) is 3.06. The lowest BCUT2D eigenvalue weighted by atomic mass is 9.82. The molecule has 5 heteroatoms. The van der Waals surface area contributed by atoms with Gasteiger partial charge in [-0.25, -0.2) is 4.79 Å². The zero-order valence-corrected chi connectivity index (χ0v) is 13.9. The molecule has 0 aliphatic carbocycles. The van der Waals surface area contributed by atoms with Crippen LogP contribution in [0.1, 0.15) is 36.8 Å². The number of hydrogen-bond acceptors (Lipinski definition) is 4. The number of rotatable bonds is 5. The van der Waals surface area contributed by atoms with Crippen LogP contribution in [0.15, 0.2) is 60.7 Å². The van der Waals surface area contributed by atoms with Gasteiger partial charge in [0.1, 0.15) is 0 Å². The first-order chi connectivity index (χ1) is 12.1. The van der Waals surface area contributed by atoms with Gasteiger partial charge >= 0.3 is 5.97 Å². The van der Waals surface area contributed by atoms with Crippen molar-refractivity contribution in [1.82, 2.24) is 5.06 Å². The maximum Gasteiger partial charge on any atom is 0.336 e. The lowest BCUT2D eigenvalue weighted by molar-refractivity contribution is -0.200. The molecule has 5 nitrogen and oxygen atoms in total. The number of hydroxylamine groups is 2. The van der Waals surface area contributed by atoms with Crippen molar-refractivity contribution in [2.75, 3.05) is 0 Å². The van der Waals surface area contributed by atoms with Crippen LogP contribution in [-0.4, -0.2) is 22.8 Å². The van der Waals surface area contributed by atoms with Crippen LogP contribution in [0.4, 0.5) is 0 Å². The Bertz CT molecular complexity index is 717. The molecule has 3 rings (SSSR count). The quantitative estimate of drug-likeness (QED) is 0.787. The maximum absolute atomic E-state index is 12.6. The van der Waals surface area contributed by atoms with Crippen LogP contribution in [0.3, 0.4) is 0 Å². The molecule has 1 fully saturated rings. The van der Waals surface area contributed by atoms with E-state index >= 15 is 0 Å². The molecular weight excluding hydrogens is 318 g/mol. The zero-order valence-electron chi connectivity index (χ0n) is 13.9. The number of carbonyl (C=O) groups excluding carboxylic acids is 3. The Morgan fingerprint density at radius 1 is 0.880 bits per heavy atom. The highest BCUT2D eigenvalue weighted by molar-refractivity contribution is 6.01. The van der Waals surface area contributed by atoms with Crippen molar-refractivity contribution in [2.45, 2.75) is 25.7 Å². The number of amides is 2. The van der Waals surface area contributed by atoms with Crippen LogP contribution in [0.5, 0.6) is 0 Å². The van der Waals surface area contributed by atoms with Gasteiger partial charge in [-0.2, -0.15) is 0 Å². The van der Waals surface area contributed by atoms with Gasteiger partial charge < -0.3 is 4.84 Å². The summed E-state index contributed by atoms with van der Waals surface area (Å²) in [5.74, 6) is -2.34. The van der Waals surface area contributed by atoms with Crippen molar-refractivity contribution in [1.29, 1.82) is 0 Å². The summed E-state index contributed by atoms with van der Waals surface area (Å²) in [7, 11) is 0. The van der Waals surface area contributed by atoms with E-state index in [1.165, 1.54) is 0 Å². The molecule has 0 spiro atoms. The van der Waals surface area contributed by atoms with Gasteiger partial charge in [0, 0.05) is 18.8 Å². The third-order valence-corrected chi connectivity index (χ3v) is 4.38. The molecule has 25 heavy (non-hydrogen) atoms. The first-order valence-electron chi connectivity index (χ1n) is 8.25. The summed E-state index contributed by atoms with van der Waals surface area (Å²) >= 11 is 0. The molecule has 2 aromatic rings. The first kappa shape index (κ1) is 16.9. The van der Waals surface area contributed by atoms with Gasteiger partial charge in [-0.15, -0.1) is 5.06 Å². The topological polar surface area (TPSA) is 63.7 Å². The first-order valence-corrected chi connectivity index (χ1v) is 8.25. The Morgan fingerprint density at radius 2 is 1.32 bits per heavy atom. The van der Waals surface area contributed by atoms with Gasteiger partial charge in [0.2, 0.25) is 0 Å². The molecule has 2 aromatic carbocycles. The lowest BCUT2D eigenvalue weighted by Crippen LogP contribution is -2.35. The van der Waals surface area contributed by atoms with Crippen LogP contribution in [0.25, 0.3) is 0 Å². The third kappa shape index (κ3) is 3.60. The van der Waals surface area contributed by atoms with E-state index in [1.54, 1.807) is 6.92 Å². The van der Waals surface area contributed by atoms with E-state index < -0.39 is 23.7 Å². The molecule has 0 unspecified atom stereocenters. The smallest absolute Gasteiger partial charge is 0.330 e. The summed E-state index contributed by atoms with van der Waals surface area (Å²) in [5.41, 5.74) is 1.94. The highest BCUT2D eigenvalue weighted by atomic mass is 16.7. The van der Waals surface area contributed by atoms with Crippen molar-refractivity contribution in [3.63, 3.8) is 0 Å². The minimum atomic E-state index is -0.596. The fourth-order valence-electron chi connectivity index (χ4n) is 3.06. The third-order valence-electron chi connectivity index (χ3n) is 4.38. The highest BCUT2D eigenvalue weighted by Crippen LogP contribution is 2.33. The Balaban J connectivity index is 1.87. The average molecular weight is 337 g/mol. The van der Waals surface area contributed by atoms with E-state index in [-0.39, 0.29) is 18.8 Å². The number of benzene rings is 2. The largest absolute Gasteiger partial charge is 0.336 e. The highest BCUT2D eigenvalue weighted by Gasteiger charge is 2.36. The van der Waals surface area contributed by atoms with Crippen molar-refractivity contribution in [3.8, 4) is 0 Å². The van der Waals surface area contributed by atoms with Gasteiger partial charge in [0.25, 0.3) is 11.8 Å². The number of hydrogen-bond donors (Lipinski definition) is 0. The fraction of sp³-hybridized carbons (Fsp3) is 0.250. The zero-order chi connectivity index (χ0) is 17.8. The number of carbonyl (C=O) groups is 3. The molecule has 1 atom stereocenters. The molecule has 2 amide bonds. The van der Waals surface area contributed by atoms with Gasteiger partial charge in [-0.3, -0.25) is 9.59 Å². The predicted molar refractivity (Wildman–Crippen MR) is 91.1 cm³/mol. The summed E-state index contributed by atoms with van der Waals surface area (Å²) in [6.45, 7) is 1.75. The van der Waals surface area contributed by atoms with Crippen LogP contribution >= 0.6 is 0 Å². The monoisotopic (exact) mass is 337 g/mol. The maximum atomic E-state index is 12.6. The molecular formula is C20H19NO4. The summed E-state index contributed by atoms with van der Waals surface area (Å²) in [6, 6.07) is 19.3. The van der Waals surface area contributed by atoms with Crippen molar-refractivity contribution in [3.05, 3.63) is 71.8 Å². The molecule has 1 heterocycles. The van der Waals surface area contributed by atoms with E-state index in [1.807, 2.05) is 60.7 Å². The van der Waals surface area contributed by atoms with Gasteiger partial charge in [0.05, 0.1) is 5.92 Å². The minimum Gasteiger partial charge on any atom is -0.330 e. The second-order valence-electron chi connectivity index (χ2n) is 6.08. The molecule has 0 saturated carbocycles. The summed E-state index contributed by atoms with van der Waals surface area (Å²) in [4.78, 5) is 41.1. The predicted octanol–water partition coefficient (Wildman–Crippen LogP) is 3.06. The standard InChI is InChI=1S/C20H19NO4/c1-14(20(24)25-21-17(22)12-13-18(21)23)19(15-8-4-2-5-9-15)16-10-6-3-7-11-16/h2-11,14,19H,12-13H2,1H3/t14-/m0/s1. The van der Waals surface area contributed by atoms with Crippen LogP contribution < -0.4 is 0 Å². The molecule has 0 bridgehead atoms. The van der Waals surface area contributed by atoms with E-state index in [9.17, 15) is 14.4 Å². The Hall–Kier alpha value is -2.95. The summed E-state index contributed by atoms with van der Waals surface area (Å²) < 4.78 is 0. The Kier molecular flexibility index (Phi) is 4.93. The van der Waals surface area contributed by atoms with Crippen LogP contribution in [0, 0.1) is 5.92 Å². The Labute approximate surface area is 146 Å². The second-order valence-corrected chi connectivity index (χ2v) is 6.08. The molecule has 1 aliphatic rings. The van der Waals surface area contributed by atoms with Crippen molar-refractivity contribution in [2.24, 2.45) is 5.92 Å². The summed E-state index contributed by atoms with van der Waals surface area (Å²) in [5, 5.41) is 0.603. The SMILES string of the molecule is C[C@H](C(=O)ON1C(=O)CCC1=O)C(c1ccccc1)c1ccccc1. The van der Waals surface area contributed by atoms with Crippen molar-refractivity contribution >= 4 is 17.8 Å². The van der Waals surface area contributed by atoms with Gasteiger partial charge in [-0.05, 0) is 11.1 Å². The molecule has 1 aliphatic heterocycles. The van der Waals surface area contributed by atoms with Crippen LogP contribution in [-0.2, 0) is 19.2 Å². The van der Waals surface area contributed by atoms with Crippen molar-refractivity contribution < 1.29 is 19.2 Å². The van der Waals surface area contributed by atoms with E-state index in [0.29, 0.717) is 5.06 Å². The lowest BCUT2D eigenvalue weighted by Gasteiger charge is -2.25. The van der Waals surface area contributed by atoms with Crippen LogP contribution in [0.2, 0.25) is 0 Å². The summed E-state index contributed by atoms with van der Waals surface area (Å²) in [6.07, 6.45) is 0.169. The molecule has 1 saturated heterocycles. The molecule has 0 N–H and O–H groups in total. The Morgan fingerprint density at radius 3 is 1.76 bits per heavy atom. The minimum absolute atomic E-state index is 0.0846. The van der Waals surface area contributed by atoms with E-state index in [2.05, 4.69) is 0 Å². The second kappa shape index (κ2) is 7.30. The average Bonchev–Trinajstić information content (AvgIpc) is 2.95. The number of nitrogens with zero attached hydrogens (tertiary/aromatic N) is 1. The molecule has 0 radical (unpaired) electrons. The van der Waals surface area contributed by atoms with Gasteiger partial charge in [0.15, 0.2) is 0 Å². The van der Waals surface area contributed by atoms with Gasteiger partial charge in [-0.1, -0.05) is 67.6 Å². The van der Waals surface area contributed by atoms with E-state index in [0.717, 1.165) is 11.1 Å². The molecule has 128 valence electrons. The van der Waals surface area contributed by atoms with E-state index in [4.69, 9.17) is 4.84 Å². The number of imide groups is 1.